The molecular formula is C7H11N3O5. The number of hydrogen-bond acceptors (Lipinski definition) is 6. The van der Waals surface area contributed by atoms with Gasteiger partial charge in [0, 0.05) is 6.54 Å². The summed E-state index contributed by atoms with van der Waals surface area (Å²) in [5, 5.41) is 8.71. The summed E-state index contributed by atoms with van der Waals surface area (Å²) in [4.78, 5) is 32.8. The second-order valence-electron chi connectivity index (χ2n) is 3.22. The number of hydrogen-bond donors (Lipinski definition) is 4. The van der Waals surface area contributed by atoms with Gasteiger partial charge in [0.2, 0.25) is 5.91 Å². The molecule has 2 unspecified atom stereocenters. The van der Waals surface area contributed by atoms with Crippen molar-refractivity contribution in [2.45, 2.75) is 17.7 Å². The zero-order chi connectivity index (χ0) is 11.8. The van der Waals surface area contributed by atoms with Crippen molar-refractivity contribution in [3.63, 3.8) is 0 Å². The number of carboxylic acids is 1. The van der Waals surface area contributed by atoms with Crippen LogP contribution in [-0.2, 0) is 19.1 Å². The lowest BCUT2D eigenvalue weighted by Gasteiger charge is -2.19. The van der Waals surface area contributed by atoms with Gasteiger partial charge in [0.25, 0.3) is 0 Å². The molecule has 0 bridgehead atoms. The summed E-state index contributed by atoms with van der Waals surface area (Å²) in [6.45, 7) is -0.577. The molecule has 1 saturated heterocycles. The van der Waals surface area contributed by atoms with E-state index in [1.54, 1.807) is 0 Å². The standard InChI is InChI=1S/C7H11N3O5/c8-1-7(10,6(13)14)4(11)2-3(15-2)5(9)12/h2-3H,1,8,10H2,(H2,9,12)(H,13,14)/t2?,3-,7?/m0/s1. The highest BCUT2D eigenvalue weighted by Gasteiger charge is 2.57. The molecule has 8 nitrogen and oxygen atoms in total. The van der Waals surface area contributed by atoms with Gasteiger partial charge in [-0.25, -0.2) is 4.79 Å². The van der Waals surface area contributed by atoms with Crippen molar-refractivity contribution in [3.05, 3.63) is 0 Å². The summed E-state index contributed by atoms with van der Waals surface area (Å²) in [7, 11) is 0. The van der Waals surface area contributed by atoms with Crippen molar-refractivity contribution in [1.29, 1.82) is 0 Å². The fraction of sp³-hybridized carbons (Fsp3) is 0.571. The summed E-state index contributed by atoms with van der Waals surface area (Å²) in [6, 6.07) is 0. The number of Topliss-reactive ketones (excluding diaryl/α,β-unsaturated/α-hetero) is 1. The molecule has 1 amide bonds. The van der Waals surface area contributed by atoms with Gasteiger partial charge in [-0.2, -0.15) is 0 Å². The Bertz CT molecular complexity index is 331. The minimum Gasteiger partial charge on any atom is -0.479 e. The zero-order valence-electron chi connectivity index (χ0n) is 7.67. The lowest BCUT2D eigenvalue weighted by molar-refractivity contribution is -0.148. The van der Waals surface area contributed by atoms with Gasteiger partial charge < -0.3 is 27.0 Å². The first-order chi connectivity index (χ1) is 6.84. The number of nitrogens with two attached hydrogens (primary N) is 3. The number of epoxide rings is 1. The largest absolute Gasteiger partial charge is 0.479 e. The zero-order valence-corrected chi connectivity index (χ0v) is 7.67. The summed E-state index contributed by atoms with van der Waals surface area (Å²) in [6.07, 6.45) is -2.28. The molecule has 0 aromatic carbocycles. The molecule has 0 saturated carbocycles. The Balaban J connectivity index is 2.77. The van der Waals surface area contributed by atoms with E-state index in [9.17, 15) is 14.4 Å². The van der Waals surface area contributed by atoms with E-state index in [0.717, 1.165) is 0 Å². The summed E-state index contributed by atoms with van der Waals surface area (Å²) in [5.41, 5.74) is 13.0. The lowest BCUT2D eigenvalue weighted by atomic mass is 9.92. The molecule has 1 aliphatic rings. The SMILES string of the molecule is NCC(N)(C(=O)O)C(=O)C1O[C@@H]1C(N)=O. The quantitative estimate of drug-likeness (QED) is 0.275. The van der Waals surface area contributed by atoms with E-state index in [0.29, 0.717) is 0 Å². The van der Waals surface area contributed by atoms with E-state index in [1.807, 2.05) is 0 Å². The Hall–Kier alpha value is -1.51. The molecule has 15 heavy (non-hydrogen) atoms. The number of carbonyl (C=O) groups excluding carboxylic acids is 2. The Morgan fingerprint density at radius 3 is 2.13 bits per heavy atom. The van der Waals surface area contributed by atoms with Gasteiger partial charge in [0.1, 0.15) is 0 Å². The lowest BCUT2D eigenvalue weighted by Crippen LogP contribution is -2.62. The second-order valence-corrected chi connectivity index (χ2v) is 3.22. The van der Waals surface area contributed by atoms with Crippen molar-refractivity contribution in [1.82, 2.24) is 0 Å². The Labute approximate surface area is 84.3 Å². The number of rotatable bonds is 5. The number of amides is 1. The number of ketones is 1. The van der Waals surface area contributed by atoms with Crippen molar-refractivity contribution in [2.75, 3.05) is 6.54 Å². The summed E-state index contributed by atoms with van der Waals surface area (Å²) < 4.78 is 4.62. The predicted octanol–water partition coefficient (Wildman–Crippen LogP) is -3.45. The number of primary amides is 1. The van der Waals surface area contributed by atoms with Crippen molar-refractivity contribution in [3.8, 4) is 0 Å². The predicted molar refractivity (Wildman–Crippen MR) is 46.5 cm³/mol. The first kappa shape index (κ1) is 11.6. The molecule has 1 rings (SSSR count). The maximum Gasteiger partial charge on any atom is 0.332 e. The smallest absolute Gasteiger partial charge is 0.332 e. The minimum atomic E-state index is -2.23. The molecule has 0 radical (unpaired) electrons. The highest BCUT2D eigenvalue weighted by molar-refractivity contribution is 6.12. The minimum absolute atomic E-state index is 0.577. The average molecular weight is 217 g/mol. The molecule has 1 heterocycles. The fourth-order valence-electron chi connectivity index (χ4n) is 1.08. The van der Waals surface area contributed by atoms with Gasteiger partial charge >= 0.3 is 5.97 Å². The maximum atomic E-state index is 11.5. The van der Waals surface area contributed by atoms with Crippen LogP contribution in [0, 0.1) is 0 Å². The average Bonchev–Trinajstić information content (AvgIpc) is 2.94. The van der Waals surface area contributed by atoms with Crippen LogP contribution in [0.15, 0.2) is 0 Å². The van der Waals surface area contributed by atoms with Crippen LogP contribution in [0.25, 0.3) is 0 Å². The van der Waals surface area contributed by atoms with E-state index >= 15 is 0 Å². The first-order valence-electron chi connectivity index (χ1n) is 4.06. The maximum absolute atomic E-state index is 11.5. The van der Waals surface area contributed by atoms with E-state index in [1.165, 1.54) is 0 Å². The Morgan fingerprint density at radius 1 is 1.33 bits per heavy atom. The van der Waals surface area contributed by atoms with Gasteiger partial charge in [0.15, 0.2) is 23.5 Å². The molecule has 0 aromatic rings. The number of carboxylic acid groups (broad SMARTS) is 1. The molecule has 0 aliphatic carbocycles. The Kier molecular flexibility index (Phi) is 2.75. The highest BCUT2D eigenvalue weighted by Crippen LogP contribution is 2.26. The Morgan fingerprint density at radius 2 is 1.87 bits per heavy atom. The van der Waals surface area contributed by atoms with Crippen LogP contribution in [0.2, 0.25) is 0 Å². The van der Waals surface area contributed by atoms with E-state index in [4.69, 9.17) is 22.3 Å². The van der Waals surface area contributed by atoms with Gasteiger partial charge in [-0.15, -0.1) is 0 Å². The number of aliphatic carboxylic acids is 1. The van der Waals surface area contributed by atoms with Crippen LogP contribution in [0.3, 0.4) is 0 Å². The van der Waals surface area contributed by atoms with Gasteiger partial charge in [-0.3, -0.25) is 9.59 Å². The number of ether oxygens (including phenoxy) is 1. The molecule has 0 spiro atoms. The van der Waals surface area contributed by atoms with Gasteiger partial charge in [0.05, 0.1) is 0 Å². The van der Waals surface area contributed by atoms with Crippen molar-refractivity contribution in [2.24, 2.45) is 17.2 Å². The first-order valence-corrected chi connectivity index (χ1v) is 4.06. The number of carbonyl (C=O) groups is 3. The normalized spacial score (nSPS) is 27.9. The molecule has 0 aromatic heterocycles. The van der Waals surface area contributed by atoms with Crippen LogP contribution >= 0.6 is 0 Å². The van der Waals surface area contributed by atoms with Crippen LogP contribution < -0.4 is 17.2 Å². The van der Waals surface area contributed by atoms with Gasteiger partial charge in [-0.1, -0.05) is 0 Å². The molecule has 84 valence electrons. The molecule has 1 fully saturated rings. The molecule has 3 atom stereocenters. The summed E-state index contributed by atoms with van der Waals surface area (Å²) in [5.74, 6) is -3.34. The van der Waals surface area contributed by atoms with Crippen molar-refractivity contribution >= 4 is 17.7 Å². The van der Waals surface area contributed by atoms with Crippen LogP contribution in [0.4, 0.5) is 0 Å². The highest BCUT2D eigenvalue weighted by atomic mass is 16.6. The van der Waals surface area contributed by atoms with E-state index in [2.05, 4.69) is 4.74 Å². The molecule has 1 aliphatic heterocycles. The molecular weight excluding hydrogens is 206 g/mol. The third kappa shape index (κ3) is 1.82. The second kappa shape index (κ2) is 3.57. The van der Waals surface area contributed by atoms with Crippen molar-refractivity contribution < 1.29 is 24.2 Å². The topological polar surface area (TPSA) is 162 Å². The van der Waals surface area contributed by atoms with E-state index < -0.39 is 42.0 Å². The van der Waals surface area contributed by atoms with Crippen LogP contribution in [0.1, 0.15) is 0 Å². The van der Waals surface area contributed by atoms with Gasteiger partial charge in [-0.05, 0) is 0 Å². The third-order valence-corrected chi connectivity index (χ3v) is 2.17. The summed E-state index contributed by atoms with van der Waals surface area (Å²) >= 11 is 0. The molecule has 8 heteroatoms. The third-order valence-electron chi connectivity index (χ3n) is 2.17. The fourth-order valence-corrected chi connectivity index (χ4v) is 1.08. The monoisotopic (exact) mass is 217 g/mol. The molecule has 7 N–H and O–H groups in total. The van der Waals surface area contributed by atoms with Crippen LogP contribution in [0.5, 0.6) is 0 Å². The van der Waals surface area contributed by atoms with Crippen LogP contribution in [-0.4, -0.2) is 47.1 Å². The van der Waals surface area contributed by atoms with E-state index in [-0.39, 0.29) is 0 Å².